The first-order chi connectivity index (χ1) is 4.70. The number of hydrogen-bond donors (Lipinski definition) is 0. The minimum Gasteiger partial charge on any atom is -0.321 e. The molecule has 1 aliphatic rings. The molecule has 0 aromatic rings. The van der Waals surface area contributed by atoms with Crippen molar-refractivity contribution in [2.75, 3.05) is 27.2 Å². The van der Waals surface area contributed by atoms with Crippen molar-refractivity contribution in [3.63, 3.8) is 0 Å². The highest BCUT2D eigenvalue weighted by molar-refractivity contribution is 5.79. The molecule has 1 aliphatic heterocycles. The molecule has 0 spiro atoms. The Kier molecular flexibility index (Phi) is 2.06. The number of rotatable bonds is 0. The molecule has 0 unspecified atom stereocenters. The third-order valence-electron chi connectivity index (χ3n) is 1.54. The number of hydrogen-bond acceptors (Lipinski definition) is 2. The van der Waals surface area contributed by atoms with Gasteiger partial charge in [0.2, 0.25) is 5.91 Å². The normalized spacial score (nSPS) is 21.4. The number of carbonyl (C=O) groups excluding carboxylic acids is 1. The molecule has 0 aromatic carbocycles. The van der Waals surface area contributed by atoms with Gasteiger partial charge >= 0.3 is 0 Å². The first-order valence-corrected chi connectivity index (χ1v) is 3.31. The summed E-state index contributed by atoms with van der Waals surface area (Å²) < 4.78 is 0. The van der Waals surface area contributed by atoms with E-state index in [-0.39, 0.29) is 5.91 Å². The molecule has 0 saturated heterocycles. The fourth-order valence-corrected chi connectivity index (χ4v) is 0.875. The van der Waals surface area contributed by atoms with Crippen LogP contribution in [0.1, 0.15) is 0 Å². The SMILES string of the molecule is CN1CC=CN(C)C(=O)C1. The molecule has 0 bridgehead atoms. The molecular weight excluding hydrogens is 128 g/mol. The average molecular weight is 140 g/mol. The Morgan fingerprint density at radius 2 is 2.20 bits per heavy atom. The van der Waals surface area contributed by atoms with Gasteiger partial charge in [-0.1, -0.05) is 6.08 Å². The molecule has 3 nitrogen and oxygen atoms in total. The van der Waals surface area contributed by atoms with Gasteiger partial charge in [-0.25, -0.2) is 0 Å². The van der Waals surface area contributed by atoms with Gasteiger partial charge in [-0.05, 0) is 7.05 Å². The van der Waals surface area contributed by atoms with Crippen LogP contribution in [0.25, 0.3) is 0 Å². The highest BCUT2D eigenvalue weighted by Crippen LogP contribution is 1.95. The lowest BCUT2D eigenvalue weighted by Gasteiger charge is -2.12. The maximum absolute atomic E-state index is 11.1. The van der Waals surface area contributed by atoms with Crippen LogP contribution >= 0.6 is 0 Å². The topological polar surface area (TPSA) is 23.6 Å². The van der Waals surface area contributed by atoms with E-state index in [9.17, 15) is 4.79 Å². The fraction of sp³-hybridized carbons (Fsp3) is 0.571. The molecular formula is C7H12N2O. The maximum atomic E-state index is 11.1. The summed E-state index contributed by atoms with van der Waals surface area (Å²) in [5.74, 6) is 0.149. The molecule has 1 amide bonds. The Morgan fingerprint density at radius 3 is 2.90 bits per heavy atom. The number of nitrogens with zero attached hydrogens (tertiary/aromatic N) is 2. The van der Waals surface area contributed by atoms with E-state index < -0.39 is 0 Å². The standard InChI is InChI=1S/C7H12N2O/c1-8-4-3-5-9(2)7(10)6-8/h3,5H,4,6H2,1-2H3. The molecule has 1 heterocycles. The molecule has 0 saturated carbocycles. The summed E-state index contributed by atoms with van der Waals surface area (Å²) in [7, 11) is 3.71. The summed E-state index contributed by atoms with van der Waals surface area (Å²) in [6.45, 7) is 1.37. The van der Waals surface area contributed by atoms with Crippen molar-refractivity contribution in [1.29, 1.82) is 0 Å². The molecule has 0 atom stereocenters. The minimum atomic E-state index is 0.149. The van der Waals surface area contributed by atoms with Crippen LogP contribution < -0.4 is 0 Å². The summed E-state index contributed by atoms with van der Waals surface area (Å²) in [6.07, 6.45) is 3.79. The third-order valence-corrected chi connectivity index (χ3v) is 1.54. The number of likely N-dealkylation sites (N-methyl/N-ethyl adjacent to an activating group) is 2. The highest BCUT2D eigenvalue weighted by atomic mass is 16.2. The Balaban J connectivity index is 2.62. The Morgan fingerprint density at radius 1 is 1.50 bits per heavy atom. The van der Waals surface area contributed by atoms with Gasteiger partial charge in [-0.2, -0.15) is 0 Å². The Bertz CT molecular complexity index is 165. The lowest BCUT2D eigenvalue weighted by atomic mass is 10.5. The van der Waals surface area contributed by atoms with Gasteiger partial charge in [0.25, 0.3) is 0 Å². The van der Waals surface area contributed by atoms with E-state index in [1.54, 1.807) is 11.9 Å². The molecule has 0 aliphatic carbocycles. The average Bonchev–Trinajstić information content (AvgIpc) is 1.96. The molecule has 1 rings (SSSR count). The number of amides is 1. The van der Waals surface area contributed by atoms with E-state index in [2.05, 4.69) is 0 Å². The van der Waals surface area contributed by atoms with Gasteiger partial charge in [0.1, 0.15) is 0 Å². The minimum absolute atomic E-state index is 0.149. The second kappa shape index (κ2) is 2.84. The summed E-state index contributed by atoms with van der Waals surface area (Å²) >= 11 is 0. The van der Waals surface area contributed by atoms with Crippen molar-refractivity contribution in [2.45, 2.75) is 0 Å². The zero-order chi connectivity index (χ0) is 7.56. The number of carbonyl (C=O) groups is 1. The summed E-state index contributed by atoms with van der Waals surface area (Å²) in [6, 6.07) is 0. The van der Waals surface area contributed by atoms with Gasteiger partial charge in [-0.15, -0.1) is 0 Å². The second-order valence-corrected chi connectivity index (χ2v) is 2.59. The van der Waals surface area contributed by atoms with Crippen molar-refractivity contribution in [3.8, 4) is 0 Å². The highest BCUT2D eigenvalue weighted by Gasteiger charge is 2.10. The van der Waals surface area contributed by atoms with Crippen molar-refractivity contribution in [3.05, 3.63) is 12.3 Å². The van der Waals surface area contributed by atoms with Crippen LogP contribution in [-0.2, 0) is 4.79 Å². The molecule has 0 radical (unpaired) electrons. The predicted molar refractivity (Wildman–Crippen MR) is 39.4 cm³/mol. The largest absolute Gasteiger partial charge is 0.321 e. The molecule has 3 heteroatoms. The monoisotopic (exact) mass is 140 g/mol. The Hall–Kier alpha value is -0.830. The first-order valence-electron chi connectivity index (χ1n) is 3.31. The van der Waals surface area contributed by atoms with Crippen LogP contribution in [-0.4, -0.2) is 42.9 Å². The van der Waals surface area contributed by atoms with E-state index in [0.29, 0.717) is 6.54 Å². The second-order valence-electron chi connectivity index (χ2n) is 2.59. The van der Waals surface area contributed by atoms with E-state index in [4.69, 9.17) is 0 Å². The summed E-state index contributed by atoms with van der Waals surface area (Å²) in [4.78, 5) is 14.6. The van der Waals surface area contributed by atoms with Gasteiger partial charge in [0, 0.05) is 19.8 Å². The molecule has 0 aromatic heterocycles. The van der Waals surface area contributed by atoms with Gasteiger partial charge in [-0.3, -0.25) is 9.69 Å². The van der Waals surface area contributed by atoms with Crippen molar-refractivity contribution < 1.29 is 4.79 Å². The smallest absolute Gasteiger partial charge is 0.240 e. The zero-order valence-corrected chi connectivity index (χ0v) is 6.37. The van der Waals surface area contributed by atoms with Gasteiger partial charge in [0.05, 0.1) is 6.54 Å². The summed E-state index contributed by atoms with van der Waals surface area (Å²) in [5, 5.41) is 0. The van der Waals surface area contributed by atoms with Crippen LogP contribution in [0, 0.1) is 0 Å². The zero-order valence-electron chi connectivity index (χ0n) is 6.37. The van der Waals surface area contributed by atoms with E-state index in [1.807, 2.05) is 24.2 Å². The Labute approximate surface area is 60.9 Å². The quantitative estimate of drug-likeness (QED) is 0.469. The molecule has 10 heavy (non-hydrogen) atoms. The van der Waals surface area contributed by atoms with Crippen LogP contribution in [0.15, 0.2) is 12.3 Å². The van der Waals surface area contributed by atoms with E-state index >= 15 is 0 Å². The van der Waals surface area contributed by atoms with Gasteiger partial charge < -0.3 is 4.90 Å². The van der Waals surface area contributed by atoms with Crippen LogP contribution in [0.5, 0.6) is 0 Å². The van der Waals surface area contributed by atoms with E-state index in [0.717, 1.165) is 6.54 Å². The van der Waals surface area contributed by atoms with Crippen LogP contribution in [0.3, 0.4) is 0 Å². The third kappa shape index (κ3) is 1.57. The van der Waals surface area contributed by atoms with E-state index in [1.165, 1.54) is 0 Å². The van der Waals surface area contributed by atoms with Crippen molar-refractivity contribution in [2.24, 2.45) is 0 Å². The molecule has 0 fully saturated rings. The lowest BCUT2D eigenvalue weighted by Crippen LogP contribution is -2.31. The molecule has 56 valence electrons. The molecule has 0 N–H and O–H groups in total. The predicted octanol–water partition coefficient (Wildman–Crippen LogP) is -0.0961. The van der Waals surface area contributed by atoms with Crippen molar-refractivity contribution >= 4 is 5.91 Å². The lowest BCUT2D eigenvalue weighted by molar-refractivity contribution is -0.127. The van der Waals surface area contributed by atoms with Crippen LogP contribution in [0.4, 0.5) is 0 Å². The maximum Gasteiger partial charge on any atom is 0.240 e. The van der Waals surface area contributed by atoms with Crippen LogP contribution in [0.2, 0.25) is 0 Å². The fourth-order valence-electron chi connectivity index (χ4n) is 0.875. The summed E-state index contributed by atoms with van der Waals surface area (Å²) in [5.41, 5.74) is 0. The van der Waals surface area contributed by atoms with Crippen molar-refractivity contribution in [1.82, 2.24) is 9.80 Å². The first kappa shape index (κ1) is 7.28. The van der Waals surface area contributed by atoms with Gasteiger partial charge in [0.15, 0.2) is 0 Å².